The number of rotatable bonds is 5. The van der Waals surface area contributed by atoms with Gasteiger partial charge in [-0.25, -0.2) is 0 Å². The van der Waals surface area contributed by atoms with E-state index < -0.39 is 0 Å². The number of nitrogens with zero attached hydrogens (tertiary/aromatic N) is 2. The summed E-state index contributed by atoms with van der Waals surface area (Å²) in [6.45, 7) is 7.35. The van der Waals surface area contributed by atoms with Crippen LogP contribution in [0.5, 0.6) is 0 Å². The van der Waals surface area contributed by atoms with Crippen molar-refractivity contribution in [2.24, 2.45) is 5.92 Å². The predicted octanol–water partition coefficient (Wildman–Crippen LogP) is 1.64. The van der Waals surface area contributed by atoms with Gasteiger partial charge in [-0.05, 0) is 18.9 Å². The SMILES string of the molecule is ClCCN1CCN(CCC2CC2)CC1. The molecule has 14 heavy (non-hydrogen) atoms. The Balaban J connectivity index is 1.57. The van der Waals surface area contributed by atoms with E-state index in [4.69, 9.17) is 11.6 Å². The van der Waals surface area contributed by atoms with Crippen molar-refractivity contribution in [2.45, 2.75) is 19.3 Å². The minimum Gasteiger partial charge on any atom is -0.301 e. The van der Waals surface area contributed by atoms with E-state index in [0.717, 1.165) is 18.3 Å². The molecular formula is C11H21ClN2. The second-order valence-corrected chi connectivity index (χ2v) is 4.98. The van der Waals surface area contributed by atoms with E-state index in [9.17, 15) is 0 Å². The first-order valence-corrected chi connectivity index (χ1v) is 6.42. The maximum atomic E-state index is 5.73. The van der Waals surface area contributed by atoms with Gasteiger partial charge in [-0.15, -0.1) is 11.6 Å². The van der Waals surface area contributed by atoms with E-state index >= 15 is 0 Å². The zero-order valence-electron chi connectivity index (χ0n) is 8.92. The average Bonchev–Trinajstić information content (AvgIpc) is 3.01. The van der Waals surface area contributed by atoms with Gasteiger partial charge in [0.05, 0.1) is 0 Å². The summed E-state index contributed by atoms with van der Waals surface area (Å²) in [5.74, 6) is 1.86. The fraction of sp³-hybridized carbons (Fsp3) is 1.00. The summed E-state index contributed by atoms with van der Waals surface area (Å²) in [6.07, 6.45) is 4.42. The predicted molar refractivity (Wildman–Crippen MR) is 60.9 cm³/mol. The molecular weight excluding hydrogens is 196 g/mol. The van der Waals surface area contributed by atoms with E-state index in [-0.39, 0.29) is 0 Å². The first-order chi connectivity index (χ1) is 6.88. The van der Waals surface area contributed by atoms with Gasteiger partial charge in [-0.3, -0.25) is 4.90 Å². The minimum absolute atomic E-state index is 0.780. The maximum absolute atomic E-state index is 5.73. The summed E-state index contributed by atoms with van der Waals surface area (Å²) in [4.78, 5) is 5.09. The van der Waals surface area contributed by atoms with Crippen molar-refractivity contribution in [1.29, 1.82) is 0 Å². The van der Waals surface area contributed by atoms with Crippen molar-refractivity contribution in [2.75, 3.05) is 45.1 Å². The fourth-order valence-corrected chi connectivity index (χ4v) is 2.37. The Hall–Kier alpha value is 0.210. The van der Waals surface area contributed by atoms with E-state index in [1.54, 1.807) is 0 Å². The lowest BCUT2D eigenvalue weighted by atomic mass is 10.2. The maximum Gasteiger partial charge on any atom is 0.0351 e. The number of piperazine rings is 1. The summed E-state index contributed by atoms with van der Waals surface area (Å²) in [6, 6.07) is 0. The largest absolute Gasteiger partial charge is 0.301 e. The van der Waals surface area contributed by atoms with Crippen molar-refractivity contribution >= 4 is 11.6 Å². The molecule has 0 radical (unpaired) electrons. The summed E-state index contributed by atoms with van der Waals surface area (Å²) < 4.78 is 0. The van der Waals surface area contributed by atoms with Crippen molar-refractivity contribution in [3.63, 3.8) is 0 Å². The molecule has 0 unspecified atom stereocenters. The van der Waals surface area contributed by atoms with E-state index in [2.05, 4.69) is 9.80 Å². The molecule has 0 N–H and O–H groups in total. The molecule has 2 fully saturated rings. The van der Waals surface area contributed by atoms with Crippen LogP contribution in [-0.2, 0) is 0 Å². The van der Waals surface area contributed by atoms with Crippen LogP contribution >= 0.6 is 11.6 Å². The highest BCUT2D eigenvalue weighted by Gasteiger charge is 2.23. The minimum atomic E-state index is 0.780. The van der Waals surface area contributed by atoms with Crippen LogP contribution in [0.2, 0.25) is 0 Å². The third-order valence-electron chi connectivity index (χ3n) is 3.42. The lowest BCUT2D eigenvalue weighted by Gasteiger charge is -2.34. The molecule has 0 aromatic rings. The van der Waals surface area contributed by atoms with Gasteiger partial charge in [0.25, 0.3) is 0 Å². The van der Waals surface area contributed by atoms with Gasteiger partial charge in [0.1, 0.15) is 0 Å². The lowest BCUT2D eigenvalue weighted by molar-refractivity contribution is 0.135. The van der Waals surface area contributed by atoms with Gasteiger partial charge in [0, 0.05) is 38.6 Å². The van der Waals surface area contributed by atoms with Gasteiger partial charge < -0.3 is 4.90 Å². The molecule has 1 saturated carbocycles. The monoisotopic (exact) mass is 216 g/mol. The van der Waals surface area contributed by atoms with Crippen LogP contribution in [-0.4, -0.2) is 54.9 Å². The Bertz CT molecular complexity index is 163. The zero-order valence-corrected chi connectivity index (χ0v) is 9.68. The quantitative estimate of drug-likeness (QED) is 0.645. The van der Waals surface area contributed by atoms with Gasteiger partial charge in [-0.2, -0.15) is 0 Å². The second kappa shape index (κ2) is 5.34. The highest BCUT2D eigenvalue weighted by Crippen LogP contribution is 2.32. The van der Waals surface area contributed by atoms with Gasteiger partial charge in [0.2, 0.25) is 0 Å². The molecule has 1 aliphatic heterocycles. The Kier molecular flexibility index (Phi) is 4.09. The highest BCUT2D eigenvalue weighted by molar-refractivity contribution is 6.18. The third kappa shape index (κ3) is 3.41. The number of alkyl halides is 1. The molecule has 82 valence electrons. The fourth-order valence-electron chi connectivity index (χ4n) is 2.13. The molecule has 3 heteroatoms. The first-order valence-electron chi connectivity index (χ1n) is 5.89. The van der Waals surface area contributed by atoms with E-state index in [0.29, 0.717) is 0 Å². The van der Waals surface area contributed by atoms with Crippen LogP contribution in [0.4, 0.5) is 0 Å². The van der Waals surface area contributed by atoms with Gasteiger partial charge in [-0.1, -0.05) is 12.8 Å². The number of hydrogen-bond acceptors (Lipinski definition) is 2. The normalized spacial score (nSPS) is 25.5. The average molecular weight is 217 g/mol. The lowest BCUT2D eigenvalue weighted by Crippen LogP contribution is -2.47. The third-order valence-corrected chi connectivity index (χ3v) is 3.59. The van der Waals surface area contributed by atoms with Crippen molar-refractivity contribution in [3.05, 3.63) is 0 Å². The van der Waals surface area contributed by atoms with Crippen LogP contribution in [0.1, 0.15) is 19.3 Å². The van der Waals surface area contributed by atoms with E-state index in [1.807, 2.05) is 0 Å². The molecule has 2 aliphatic rings. The molecule has 2 nitrogen and oxygen atoms in total. The van der Waals surface area contributed by atoms with Crippen molar-refractivity contribution in [3.8, 4) is 0 Å². The highest BCUT2D eigenvalue weighted by atomic mass is 35.5. The topological polar surface area (TPSA) is 6.48 Å². The molecule has 2 rings (SSSR count). The molecule has 1 heterocycles. The van der Waals surface area contributed by atoms with Crippen molar-refractivity contribution in [1.82, 2.24) is 9.80 Å². The molecule has 0 aromatic heterocycles. The zero-order chi connectivity index (χ0) is 9.80. The standard InChI is InChI=1S/C11H21ClN2/c12-4-6-14-9-7-13(8-10-14)5-3-11-1-2-11/h11H,1-10H2. The Morgan fingerprint density at radius 3 is 2.00 bits per heavy atom. The first kappa shape index (κ1) is 10.7. The molecule has 0 spiro atoms. The summed E-state index contributed by atoms with van der Waals surface area (Å²) in [7, 11) is 0. The molecule has 0 amide bonds. The molecule has 0 aromatic carbocycles. The van der Waals surface area contributed by atoms with Crippen molar-refractivity contribution < 1.29 is 0 Å². The van der Waals surface area contributed by atoms with Crippen LogP contribution in [0, 0.1) is 5.92 Å². The summed E-state index contributed by atoms with van der Waals surface area (Å²) in [5, 5.41) is 0. The molecule has 0 atom stereocenters. The Labute approximate surface area is 92.2 Å². The van der Waals surface area contributed by atoms with Gasteiger partial charge in [0.15, 0.2) is 0 Å². The molecule has 0 bridgehead atoms. The van der Waals surface area contributed by atoms with Crippen LogP contribution < -0.4 is 0 Å². The van der Waals surface area contributed by atoms with Crippen LogP contribution in [0.3, 0.4) is 0 Å². The smallest absolute Gasteiger partial charge is 0.0351 e. The Morgan fingerprint density at radius 2 is 1.50 bits per heavy atom. The molecule has 1 saturated heterocycles. The Morgan fingerprint density at radius 1 is 0.929 bits per heavy atom. The summed E-state index contributed by atoms with van der Waals surface area (Å²) in [5.41, 5.74) is 0. The molecule has 1 aliphatic carbocycles. The van der Waals surface area contributed by atoms with Crippen LogP contribution in [0.25, 0.3) is 0 Å². The second-order valence-electron chi connectivity index (χ2n) is 4.60. The number of hydrogen-bond donors (Lipinski definition) is 0. The van der Waals surface area contributed by atoms with Gasteiger partial charge >= 0.3 is 0 Å². The van der Waals surface area contributed by atoms with E-state index in [1.165, 1.54) is 52.0 Å². The van der Waals surface area contributed by atoms with Crippen LogP contribution in [0.15, 0.2) is 0 Å². The number of halogens is 1. The summed E-state index contributed by atoms with van der Waals surface area (Å²) >= 11 is 5.73.